The number of hydrogen-bond acceptors (Lipinski definition) is 5. The van der Waals surface area contributed by atoms with Gasteiger partial charge in [-0.05, 0) is 12.5 Å². The van der Waals surface area contributed by atoms with Crippen molar-refractivity contribution < 1.29 is 29.1 Å². The molecule has 0 aromatic heterocycles. The maximum absolute atomic E-state index is 11.2. The van der Waals surface area contributed by atoms with Crippen molar-refractivity contribution in [2.45, 2.75) is 19.3 Å². The summed E-state index contributed by atoms with van der Waals surface area (Å²) in [5.74, 6) is -2.67. The molecule has 0 radical (unpaired) electrons. The lowest BCUT2D eigenvalue weighted by atomic mass is 10.2. The molecule has 0 spiro atoms. The summed E-state index contributed by atoms with van der Waals surface area (Å²) in [4.78, 5) is 48.2. The lowest BCUT2D eigenvalue weighted by Crippen LogP contribution is -2.38. The number of hydroxylamine groups is 2. The normalized spacial score (nSPS) is 14.9. The number of rotatable bonds is 5. The third-order valence-electron chi connectivity index (χ3n) is 1.94. The first kappa shape index (κ1) is 12.9. The Morgan fingerprint density at radius 3 is 2.65 bits per heavy atom. The molecule has 7 nitrogen and oxygen atoms in total. The van der Waals surface area contributed by atoms with E-state index < -0.39 is 17.8 Å². The quantitative estimate of drug-likeness (QED) is 0.707. The fourth-order valence-electron chi connectivity index (χ4n) is 1.15. The van der Waals surface area contributed by atoms with E-state index in [1.165, 1.54) is 0 Å². The third-order valence-corrected chi connectivity index (χ3v) is 1.94. The van der Waals surface area contributed by atoms with E-state index >= 15 is 0 Å². The molecule has 92 valence electrons. The van der Waals surface area contributed by atoms with Crippen LogP contribution in [0.2, 0.25) is 0 Å². The van der Waals surface area contributed by atoms with Crippen molar-refractivity contribution in [2.24, 2.45) is 0 Å². The van der Waals surface area contributed by atoms with Crippen molar-refractivity contribution in [1.82, 2.24) is 5.06 Å². The Kier molecular flexibility index (Phi) is 4.38. The SMILES string of the molecule is O=C(O)CCCC(=O)ON1CC(=O)C=CC1=O. The van der Waals surface area contributed by atoms with Crippen molar-refractivity contribution in [3.63, 3.8) is 0 Å². The van der Waals surface area contributed by atoms with E-state index in [1.807, 2.05) is 0 Å². The van der Waals surface area contributed by atoms with Crippen LogP contribution in [0.4, 0.5) is 0 Å². The van der Waals surface area contributed by atoms with Gasteiger partial charge in [-0.3, -0.25) is 14.4 Å². The van der Waals surface area contributed by atoms with Gasteiger partial charge in [0.2, 0.25) is 0 Å². The predicted octanol–water partition coefficient (Wildman–Crippen LogP) is -0.333. The minimum Gasteiger partial charge on any atom is -0.481 e. The molecular formula is C10H11NO6. The van der Waals surface area contributed by atoms with Crippen LogP contribution < -0.4 is 0 Å². The highest BCUT2D eigenvalue weighted by Gasteiger charge is 2.22. The average molecular weight is 241 g/mol. The topological polar surface area (TPSA) is 101 Å². The minimum atomic E-state index is -1.01. The molecule has 17 heavy (non-hydrogen) atoms. The second-order valence-corrected chi connectivity index (χ2v) is 3.39. The Bertz CT molecular complexity index is 386. The van der Waals surface area contributed by atoms with Crippen LogP contribution in [-0.2, 0) is 24.0 Å². The van der Waals surface area contributed by atoms with Gasteiger partial charge < -0.3 is 9.94 Å². The van der Waals surface area contributed by atoms with Crippen LogP contribution in [0.15, 0.2) is 12.2 Å². The van der Waals surface area contributed by atoms with Gasteiger partial charge in [0.25, 0.3) is 5.91 Å². The minimum absolute atomic E-state index is 0.117. The highest BCUT2D eigenvalue weighted by Crippen LogP contribution is 2.05. The molecule has 1 rings (SSSR count). The van der Waals surface area contributed by atoms with Crippen molar-refractivity contribution in [1.29, 1.82) is 0 Å². The van der Waals surface area contributed by atoms with E-state index in [0.717, 1.165) is 12.2 Å². The lowest BCUT2D eigenvalue weighted by Gasteiger charge is -2.20. The molecule has 0 aromatic carbocycles. The number of aliphatic carboxylic acids is 1. The van der Waals surface area contributed by atoms with Crippen molar-refractivity contribution in [2.75, 3.05) is 6.54 Å². The zero-order valence-corrected chi connectivity index (χ0v) is 8.92. The maximum Gasteiger partial charge on any atom is 0.332 e. The number of hydrogen-bond donors (Lipinski definition) is 1. The molecule has 0 atom stereocenters. The summed E-state index contributed by atoms with van der Waals surface area (Å²) in [6.07, 6.45) is 1.98. The number of carboxylic acid groups (broad SMARTS) is 1. The molecule has 1 aliphatic rings. The summed E-state index contributed by atoms with van der Waals surface area (Å²) in [6, 6.07) is 0. The van der Waals surface area contributed by atoms with Gasteiger partial charge in [0.1, 0.15) is 6.54 Å². The summed E-state index contributed by atoms with van der Waals surface area (Å²) in [6.45, 7) is -0.306. The first-order valence-corrected chi connectivity index (χ1v) is 4.94. The van der Waals surface area contributed by atoms with Crippen molar-refractivity contribution in [3.8, 4) is 0 Å². The monoisotopic (exact) mass is 241 g/mol. The molecule has 0 aromatic rings. The predicted molar refractivity (Wildman–Crippen MR) is 53.4 cm³/mol. The fourth-order valence-corrected chi connectivity index (χ4v) is 1.15. The highest BCUT2D eigenvalue weighted by molar-refractivity contribution is 6.04. The van der Waals surface area contributed by atoms with Crippen LogP contribution in [0.3, 0.4) is 0 Å². The molecule has 1 amide bonds. The lowest BCUT2D eigenvalue weighted by molar-refractivity contribution is -0.196. The van der Waals surface area contributed by atoms with E-state index in [4.69, 9.17) is 5.11 Å². The summed E-state index contributed by atoms with van der Waals surface area (Å²) in [5.41, 5.74) is 0. The van der Waals surface area contributed by atoms with Gasteiger partial charge in [-0.25, -0.2) is 4.79 Å². The van der Waals surface area contributed by atoms with E-state index in [0.29, 0.717) is 5.06 Å². The van der Waals surface area contributed by atoms with E-state index in [-0.39, 0.29) is 31.6 Å². The van der Waals surface area contributed by atoms with E-state index in [2.05, 4.69) is 4.84 Å². The largest absolute Gasteiger partial charge is 0.481 e. The van der Waals surface area contributed by atoms with Gasteiger partial charge in [-0.1, -0.05) is 0 Å². The Balaban J connectivity index is 2.35. The van der Waals surface area contributed by atoms with Gasteiger partial charge in [-0.2, -0.15) is 5.06 Å². The molecule has 0 bridgehead atoms. The summed E-state index contributed by atoms with van der Waals surface area (Å²) < 4.78 is 0. The van der Waals surface area contributed by atoms with Crippen molar-refractivity contribution >= 4 is 23.6 Å². The Labute approximate surface area is 96.6 Å². The molecule has 0 fully saturated rings. The zero-order valence-electron chi connectivity index (χ0n) is 8.92. The first-order valence-electron chi connectivity index (χ1n) is 4.94. The summed E-state index contributed by atoms with van der Waals surface area (Å²) in [7, 11) is 0. The maximum atomic E-state index is 11.2. The second-order valence-electron chi connectivity index (χ2n) is 3.39. The highest BCUT2D eigenvalue weighted by atomic mass is 16.7. The molecule has 1 N–H and O–H groups in total. The average Bonchev–Trinajstić information content (AvgIpc) is 2.23. The zero-order chi connectivity index (χ0) is 12.8. The van der Waals surface area contributed by atoms with E-state index in [9.17, 15) is 19.2 Å². The number of ketones is 1. The smallest absolute Gasteiger partial charge is 0.332 e. The molecule has 1 aliphatic heterocycles. The van der Waals surface area contributed by atoms with Crippen LogP contribution >= 0.6 is 0 Å². The molecular weight excluding hydrogens is 230 g/mol. The van der Waals surface area contributed by atoms with Crippen molar-refractivity contribution in [3.05, 3.63) is 12.2 Å². The number of nitrogens with zero attached hydrogens (tertiary/aromatic N) is 1. The molecule has 0 saturated heterocycles. The Hall–Kier alpha value is -2.18. The number of amides is 1. The second kappa shape index (κ2) is 5.78. The van der Waals surface area contributed by atoms with E-state index in [1.54, 1.807) is 0 Å². The molecule has 0 unspecified atom stereocenters. The fraction of sp³-hybridized carbons (Fsp3) is 0.400. The van der Waals surface area contributed by atoms with Crippen LogP contribution in [0.25, 0.3) is 0 Å². The molecule has 7 heteroatoms. The standard InChI is InChI=1S/C10H11NO6/c12-7-4-5-8(13)11(6-7)17-10(16)3-1-2-9(14)15/h4-5H,1-3,6H2,(H,14,15). The van der Waals surface area contributed by atoms with Gasteiger partial charge >= 0.3 is 11.9 Å². The van der Waals surface area contributed by atoms with Gasteiger partial charge in [-0.15, -0.1) is 0 Å². The number of carbonyl (C=O) groups is 4. The Morgan fingerprint density at radius 2 is 2.00 bits per heavy atom. The van der Waals surface area contributed by atoms with Gasteiger partial charge in [0.05, 0.1) is 0 Å². The molecule has 1 heterocycles. The van der Waals surface area contributed by atoms with Crippen LogP contribution in [0.5, 0.6) is 0 Å². The number of carboxylic acids is 1. The summed E-state index contributed by atoms with van der Waals surface area (Å²) in [5, 5.41) is 9.01. The van der Waals surface area contributed by atoms with Gasteiger partial charge in [0.15, 0.2) is 5.78 Å². The Morgan fingerprint density at radius 1 is 1.29 bits per heavy atom. The summed E-state index contributed by atoms with van der Waals surface area (Å²) >= 11 is 0. The molecule has 0 aliphatic carbocycles. The van der Waals surface area contributed by atoms with Crippen LogP contribution in [0, 0.1) is 0 Å². The first-order chi connectivity index (χ1) is 7.99. The van der Waals surface area contributed by atoms with Gasteiger partial charge in [0, 0.05) is 18.9 Å². The third kappa shape index (κ3) is 4.45. The van der Waals surface area contributed by atoms with Crippen LogP contribution in [-0.4, -0.2) is 40.3 Å². The molecule has 0 saturated carbocycles. The van der Waals surface area contributed by atoms with Crippen LogP contribution in [0.1, 0.15) is 19.3 Å². The number of carbonyl (C=O) groups excluding carboxylic acids is 3.